The van der Waals surface area contributed by atoms with E-state index in [0.717, 1.165) is 12.2 Å². The summed E-state index contributed by atoms with van der Waals surface area (Å²) in [5.74, 6) is 0.807. The topological polar surface area (TPSA) is 41.5 Å². The Morgan fingerprint density at radius 3 is 2.26 bits per heavy atom. The van der Waals surface area contributed by atoms with Gasteiger partial charge in [0, 0.05) is 12.1 Å². The summed E-state index contributed by atoms with van der Waals surface area (Å²) in [6, 6.07) is 8.00. The highest BCUT2D eigenvalue weighted by Gasteiger charge is 2.12. The summed E-state index contributed by atoms with van der Waals surface area (Å²) in [5, 5.41) is 13.0. The molecule has 0 aromatic heterocycles. The average Bonchev–Trinajstić information content (AvgIpc) is 2.33. The SMILES string of the molecule is CCc1ccc(OCC(O)CNC(C)(C)C)cc1.[Cl-]. The number of rotatable bonds is 6. The molecule has 0 fully saturated rings. The molecule has 110 valence electrons. The van der Waals surface area contributed by atoms with Crippen molar-refractivity contribution >= 4 is 0 Å². The van der Waals surface area contributed by atoms with E-state index in [0.29, 0.717) is 13.2 Å². The number of halogens is 1. The molecule has 3 nitrogen and oxygen atoms in total. The maximum atomic E-state index is 9.79. The summed E-state index contributed by atoms with van der Waals surface area (Å²) in [6.07, 6.45) is 0.536. The molecule has 0 aliphatic carbocycles. The lowest BCUT2D eigenvalue weighted by Crippen LogP contribution is -3.00. The van der Waals surface area contributed by atoms with E-state index in [1.54, 1.807) is 0 Å². The second-order valence-electron chi connectivity index (χ2n) is 5.59. The number of aryl methyl sites for hydroxylation is 1. The van der Waals surface area contributed by atoms with Crippen LogP contribution in [0.2, 0.25) is 0 Å². The summed E-state index contributed by atoms with van der Waals surface area (Å²) in [5.41, 5.74) is 1.31. The monoisotopic (exact) mass is 286 g/mol. The van der Waals surface area contributed by atoms with Gasteiger partial charge >= 0.3 is 0 Å². The summed E-state index contributed by atoms with van der Waals surface area (Å²) in [7, 11) is 0. The lowest BCUT2D eigenvalue weighted by Gasteiger charge is -2.22. The van der Waals surface area contributed by atoms with Gasteiger partial charge in [-0.05, 0) is 44.9 Å². The predicted molar refractivity (Wildman–Crippen MR) is 75.1 cm³/mol. The molecule has 1 atom stereocenters. The van der Waals surface area contributed by atoms with Crippen molar-refractivity contribution in [2.45, 2.75) is 45.8 Å². The highest BCUT2D eigenvalue weighted by molar-refractivity contribution is 5.27. The highest BCUT2D eigenvalue weighted by atomic mass is 35.5. The highest BCUT2D eigenvalue weighted by Crippen LogP contribution is 2.12. The van der Waals surface area contributed by atoms with Gasteiger partial charge in [0.15, 0.2) is 0 Å². The molecule has 1 rings (SSSR count). The molecular weight excluding hydrogens is 262 g/mol. The Labute approximate surface area is 122 Å². The van der Waals surface area contributed by atoms with Crippen molar-refractivity contribution in [2.24, 2.45) is 0 Å². The van der Waals surface area contributed by atoms with Gasteiger partial charge in [-0.1, -0.05) is 19.1 Å². The Morgan fingerprint density at radius 2 is 1.79 bits per heavy atom. The Kier molecular flexibility index (Phi) is 8.07. The lowest BCUT2D eigenvalue weighted by molar-refractivity contribution is -0.00000606. The molecular formula is C15H25ClNO2-. The number of aliphatic hydroxyl groups excluding tert-OH is 1. The summed E-state index contributed by atoms with van der Waals surface area (Å²) in [6.45, 7) is 9.20. The minimum absolute atomic E-state index is 0. The van der Waals surface area contributed by atoms with E-state index in [2.05, 4.69) is 45.1 Å². The summed E-state index contributed by atoms with van der Waals surface area (Å²) in [4.78, 5) is 0. The molecule has 1 aromatic carbocycles. The fourth-order valence-corrected chi connectivity index (χ4v) is 1.50. The zero-order valence-corrected chi connectivity index (χ0v) is 13.0. The molecule has 0 aliphatic rings. The first kappa shape index (κ1) is 18.2. The maximum absolute atomic E-state index is 9.79. The summed E-state index contributed by atoms with van der Waals surface area (Å²) >= 11 is 0. The number of nitrogens with one attached hydrogen (secondary N) is 1. The van der Waals surface area contributed by atoms with Gasteiger partial charge in [-0.2, -0.15) is 0 Å². The molecule has 0 radical (unpaired) electrons. The second-order valence-corrected chi connectivity index (χ2v) is 5.59. The van der Waals surface area contributed by atoms with Crippen LogP contribution in [-0.4, -0.2) is 29.9 Å². The average molecular weight is 287 g/mol. The van der Waals surface area contributed by atoms with Gasteiger partial charge in [0.25, 0.3) is 0 Å². The largest absolute Gasteiger partial charge is 1.00 e. The maximum Gasteiger partial charge on any atom is 0.119 e. The molecule has 2 N–H and O–H groups in total. The van der Waals surface area contributed by atoms with Crippen molar-refractivity contribution in [1.29, 1.82) is 0 Å². The third kappa shape index (κ3) is 8.09. The molecule has 1 unspecified atom stereocenters. The van der Waals surface area contributed by atoms with E-state index in [9.17, 15) is 5.11 Å². The smallest absolute Gasteiger partial charge is 0.119 e. The van der Waals surface area contributed by atoms with Gasteiger partial charge in [0.05, 0.1) is 0 Å². The van der Waals surface area contributed by atoms with E-state index < -0.39 is 6.10 Å². The van der Waals surface area contributed by atoms with Crippen molar-refractivity contribution in [3.63, 3.8) is 0 Å². The van der Waals surface area contributed by atoms with Crippen molar-refractivity contribution in [3.05, 3.63) is 29.8 Å². The molecule has 0 saturated heterocycles. The summed E-state index contributed by atoms with van der Waals surface area (Å²) < 4.78 is 5.54. The second kappa shape index (κ2) is 8.41. The van der Waals surface area contributed by atoms with Crippen LogP contribution in [0.1, 0.15) is 33.3 Å². The minimum Gasteiger partial charge on any atom is -1.00 e. The fraction of sp³-hybridized carbons (Fsp3) is 0.600. The van der Waals surface area contributed by atoms with Crippen LogP contribution in [0.15, 0.2) is 24.3 Å². The van der Waals surface area contributed by atoms with Crippen LogP contribution < -0.4 is 22.5 Å². The predicted octanol–water partition coefficient (Wildman–Crippen LogP) is -0.619. The molecule has 0 heterocycles. The van der Waals surface area contributed by atoms with Crippen molar-refractivity contribution in [2.75, 3.05) is 13.2 Å². The third-order valence-electron chi connectivity index (χ3n) is 2.64. The van der Waals surface area contributed by atoms with E-state index in [4.69, 9.17) is 4.74 Å². The van der Waals surface area contributed by atoms with Gasteiger partial charge in [-0.15, -0.1) is 0 Å². The lowest BCUT2D eigenvalue weighted by atomic mass is 10.1. The number of ether oxygens (including phenoxy) is 1. The zero-order chi connectivity index (χ0) is 13.6. The van der Waals surface area contributed by atoms with Crippen LogP contribution in [-0.2, 0) is 6.42 Å². The van der Waals surface area contributed by atoms with E-state index in [1.165, 1.54) is 5.56 Å². The van der Waals surface area contributed by atoms with Crippen LogP contribution >= 0.6 is 0 Å². The molecule has 0 spiro atoms. The van der Waals surface area contributed by atoms with Crippen LogP contribution in [0.25, 0.3) is 0 Å². The van der Waals surface area contributed by atoms with Crippen molar-refractivity contribution in [3.8, 4) is 5.75 Å². The van der Waals surface area contributed by atoms with Crippen molar-refractivity contribution < 1.29 is 22.3 Å². The first-order valence-electron chi connectivity index (χ1n) is 6.55. The first-order chi connectivity index (χ1) is 8.40. The molecule has 4 heteroatoms. The van der Waals surface area contributed by atoms with Gasteiger partial charge in [-0.3, -0.25) is 0 Å². The number of benzene rings is 1. The fourth-order valence-electron chi connectivity index (χ4n) is 1.50. The standard InChI is InChI=1S/C15H25NO2.ClH/c1-5-12-6-8-14(9-7-12)18-11-13(17)10-16-15(2,3)4;/h6-9,13,16-17H,5,10-11H2,1-4H3;1H/p-1. The van der Waals surface area contributed by atoms with E-state index >= 15 is 0 Å². The quantitative estimate of drug-likeness (QED) is 0.733. The first-order valence-corrected chi connectivity index (χ1v) is 6.55. The van der Waals surface area contributed by atoms with Crippen LogP contribution in [0, 0.1) is 0 Å². The number of β-amino-alcohol motifs (C(OH)–C–C–N with tert-alkyl or cyclic N) is 1. The van der Waals surface area contributed by atoms with Crippen LogP contribution in [0.5, 0.6) is 5.75 Å². The van der Waals surface area contributed by atoms with Gasteiger partial charge in [0.2, 0.25) is 0 Å². The number of hydrogen-bond acceptors (Lipinski definition) is 3. The van der Waals surface area contributed by atoms with Gasteiger partial charge in [-0.25, -0.2) is 0 Å². The Bertz CT molecular complexity index is 346. The van der Waals surface area contributed by atoms with E-state index in [-0.39, 0.29) is 17.9 Å². The van der Waals surface area contributed by atoms with Crippen LogP contribution in [0.4, 0.5) is 0 Å². The minimum atomic E-state index is -0.491. The number of hydrogen-bond donors (Lipinski definition) is 2. The van der Waals surface area contributed by atoms with Crippen molar-refractivity contribution in [1.82, 2.24) is 5.32 Å². The zero-order valence-electron chi connectivity index (χ0n) is 12.2. The molecule has 0 bridgehead atoms. The molecule has 0 amide bonds. The molecule has 0 saturated carbocycles. The van der Waals surface area contributed by atoms with Crippen LogP contribution in [0.3, 0.4) is 0 Å². The Balaban J connectivity index is 0.00000324. The van der Waals surface area contributed by atoms with E-state index in [1.807, 2.05) is 12.1 Å². The third-order valence-corrected chi connectivity index (χ3v) is 2.64. The molecule has 1 aromatic rings. The number of aliphatic hydroxyl groups is 1. The molecule has 0 aliphatic heterocycles. The Morgan fingerprint density at radius 1 is 1.21 bits per heavy atom. The Hall–Kier alpha value is -0.770. The normalized spacial score (nSPS) is 12.7. The molecule has 19 heavy (non-hydrogen) atoms. The van der Waals surface area contributed by atoms with Gasteiger partial charge < -0.3 is 27.6 Å². The van der Waals surface area contributed by atoms with Gasteiger partial charge in [0.1, 0.15) is 18.5 Å².